The average Bonchev–Trinajstić information content (AvgIpc) is 2.41. The molecule has 100 valence electrons. The van der Waals surface area contributed by atoms with Crippen molar-refractivity contribution in [1.29, 1.82) is 0 Å². The summed E-state index contributed by atoms with van der Waals surface area (Å²) in [4.78, 5) is 0. The minimum atomic E-state index is -0.808. The molecule has 0 bridgehead atoms. The zero-order chi connectivity index (χ0) is 12.1. The van der Waals surface area contributed by atoms with Gasteiger partial charge in [-0.2, -0.15) is 0 Å². The maximum absolute atomic E-state index is 4.38. The van der Waals surface area contributed by atoms with Crippen LogP contribution in [0.2, 0.25) is 0 Å². The number of rotatable bonds is 4. The van der Waals surface area contributed by atoms with E-state index in [-0.39, 0.29) is 0 Å². The molecule has 0 nitrogen and oxygen atoms in total. The lowest BCUT2D eigenvalue weighted by molar-refractivity contribution is 0.482. The Bertz CT molecular complexity index is 199. The third kappa shape index (κ3) is 3.47. The third-order valence-electron chi connectivity index (χ3n) is 4.93. The Morgan fingerprint density at radius 2 is 1.24 bits per heavy atom. The van der Waals surface area contributed by atoms with E-state index in [1.807, 2.05) is 0 Å². The molecule has 2 fully saturated rings. The molecule has 2 aliphatic carbocycles. The maximum atomic E-state index is 4.38. The molecule has 0 atom stereocenters. The highest BCUT2D eigenvalue weighted by atomic mass is 79.9. The van der Waals surface area contributed by atoms with Crippen molar-refractivity contribution in [2.24, 2.45) is 0 Å². The van der Waals surface area contributed by atoms with E-state index in [1.54, 1.807) is 0 Å². The normalized spacial score (nSPS) is 25.1. The molecule has 0 heterocycles. The zero-order valence-electron chi connectivity index (χ0n) is 11.5. The van der Waals surface area contributed by atoms with Crippen molar-refractivity contribution in [2.75, 3.05) is 6.16 Å². The lowest BCUT2D eigenvalue weighted by Gasteiger charge is -2.38. The molecule has 17 heavy (non-hydrogen) atoms. The number of halogens is 1. The van der Waals surface area contributed by atoms with Crippen LogP contribution in [-0.2, 0) is 0 Å². The smallest absolute Gasteiger partial charge is 0.0619 e. The van der Waals surface area contributed by atoms with Crippen molar-refractivity contribution >= 4 is 21.5 Å². The zero-order valence-corrected chi connectivity index (χ0v) is 13.9. The van der Waals surface area contributed by atoms with Crippen LogP contribution in [0, 0.1) is 0 Å². The molecule has 0 radical (unpaired) electrons. The topological polar surface area (TPSA) is 0 Å². The number of hydrogen-bond donors (Lipinski definition) is 0. The molecule has 0 aromatic carbocycles. The van der Waals surface area contributed by atoms with Crippen LogP contribution in [0.15, 0.2) is 0 Å². The third-order valence-corrected chi connectivity index (χ3v) is 14.1. The summed E-state index contributed by atoms with van der Waals surface area (Å²) in [6.45, 7) is 2.39. The highest BCUT2D eigenvalue weighted by Gasteiger charge is 2.50. The van der Waals surface area contributed by atoms with Gasteiger partial charge in [-0.1, -0.05) is 19.8 Å². The summed E-state index contributed by atoms with van der Waals surface area (Å²) in [6.07, 6.45) is 18.1. The van der Waals surface area contributed by atoms with E-state index in [4.69, 9.17) is 0 Å². The van der Waals surface area contributed by atoms with Crippen LogP contribution >= 0.6 is 21.5 Å². The molecule has 2 heteroatoms. The van der Waals surface area contributed by atoms with Crippen LogP contribution in [0.5, 0.6) is 0 Å². The molecule has 2 saturated carbocycles. The Balaban J connectivity index is 2.05. The summed E-state index contributed by atoms with van der Waals surface area (Å²) in [5, 5.41) is 0. The van der Waals surface area contributed by atoms with Crippen molar-refractivity contribution in [3.63, 3.8) is 0 Å². The summed E-state index contributed by atoms with van der Waals surface area (Å²) in [7, 11) is 0. The van der Waals surface area contributed by atoms with Crippen molar-refractivity contribution < 1.29 is 0 Å². The van der Waals surface area contributed by atoms with Gasteiger partial charge in [0.25, 0.3) is 0 Å². The molecule has 0 aromatic heterocycles. The van der Waals surface area contributed by atoms with Crippen LogP contribution in [0.4, 0.5) is 0 Å². The van der Waals surface area contributed by atoms with E-state index >= 15 is 0 Å². The molecule has 2 aliphatic rings. The van der Waals surface area contributed by atoms with E-state index in [9.17, 15) is 0 Å². The second kappa shape index (κ2) is 6.90. The fourth-order valence-corrected chi connectivity index (χ4v) is 12.0. The quantitative estimate of drug-likeness (QED) is 0.527. The lowest BCUT2D eigenvalue weighted by atomic mass is 9.99. The Labute approximate surface area is 116 Å². The Morgan fingerprint density at radius 1 is 0.824 bits per heavy atom. The predicted molar refractivity (Wildman–Crippen MR) is 84.8 cm³/mol. The van der Waals surface area contributed by atoms with Crippen LogP contribution in [-0.4, -0.2) is 17.5 Å². The van der Waals surface area contributed by atoms with Gasteiger partial charge in [-0.3, -0.25) is 0 Å². The lowest BCUT2D eigenvalue weighted by Crippen LogP contribution is -2.26. The van der Waals surface area contributed by atoms with Gasteiger partial charge in [0.1, 0.15) is 15.5 Å². The summed E-state index contributed by atoms with van der Waals surface area (Å²) >= 11 is 4.38. The molecule has 0 aliphatic heterocycles. The molecule has 2 rings (SSSR count). The van der Waals surface area contributed by atoms with Crippen LogP contribution in [0.3, 0.4) is 0 Å². The fourth-order valence-electron chi connectivity index (χ4n) is 4.03. The van der Waals surface area contributed by atoms with Gasteiger partial charge in [-0.15, -0.1) is 0 Å². The summed E-state index contributed by atoms with van der Waals surface area (Å²) < 4.78 is 0. The van der Waals surface area contributed by atoms with E-state index in [2.05, 4.69) is 22.4 Å². The summed E-state index contributed by atoms with van der Waals surface area (Å²) in [5.41, 5.74) is 2.17. The standard InChI is InChI=1S/C15H29BrP/c1-2-13-17(16,14-9-5-3-6-10-14)15-11-7-4-8-12-15/h14-15H,2-13H2,1H3/q+1. The molecule has 0 aromatic rings. The van der Waals surface area contributed by atoms with E-state index in [1.165, 1.54) is 76.8 Å². The maximum Gasteiger partial charge on any atom is 0.139 e. The van der Waals surface area contributed by atoms with Gasteiger partial charge in [0.2, 0.25) is 0 Å². The highest BCUT2D eigenvalue weighted by Crippen LogP contribution is 2.78. The molecular formula is C15H29BrP+. The minimum absolute atomic E-state index is 0.808. The molecular weight excluding hydrogens is 291 g/mol. The van der Waals surface area contributed by atoms with Gasteiger partial charge in [-0.05, 0) is 57.8 Å². The fraction of sp³-hybridized carbons (Fsp3) is 1.00. The SMILES string of the molecule is CCC[P+](Br)(C1CCCCC1)C1CCCCC1. The van der Waals surface area contributed by atoms with Crippen LogP contribution in [0.25, 0.3) is 0 Å². The van der Waals surface area contributed by atoms with Gasteiger partial charge >= 0.3 is 0 Å². The average molecular weight is 320 g/mol. The first-order valence-electron chi connectivity index (χ1n) is 7.84. The predicted octanol–water partition coefficient (Wildman–Crippen LogP) is 6.39. The van der Waals surface area contributed by atoms with Gasteiger partial charge < -0.3 is 0 Å². The minimum Gasteiger partial charge on any atom is -0.0619 e. The first-order valence-corrected chi connectivity index (χ1v) is 12.0. The van der Waals surface area contributed by atoms with E-state index < -0.39 is 5.96 Å². The van der Waals surface area contributed by atoms with Gasteiger partial charge in [0, 0.05) is 0 Å². The van der Waals surface area contributed by atoms with Gasteiger partial charge in [0.15, 0.2) is 0 Å². The summed E-state index contributed by atoms with van der Waals surface area (Å²) in [5.74, 6) is -0.808. The van der Waals surface area contributed by atoms with Gasteiger partial charge in [0.05, 0.1) is 23.4 Å². The first kappa shape index (κ1) is 14.3. The molecule has 0 N–H and O–H groups in total. The van der Waals surface area contributed by atoms with Crippen LogP contribution in [0.1, 0.15) is 77.6 Å². The monoisotopic (exact) mass is 319 g/mol. The second-order valence-corrected chi connectivity index (χ2v) is 13.7. The van der Waals surface area contributed by atoms with Gasteiger partial charge in [-0.25, -0.2) is 0 Å². The van der Waals surface area contributed by atoms with Crippen molar-refractivity contribution in [2.45, 2.75) is 88.9 Å². The molecule has 0 unspecified atom stereocenters. The van der Waals surface area contributed by atoms with E-state index in [0.29, 0.717) is 0 Å². The highest BCUT2D eigenvalue weighted by molar-refractivity contribution is 9.42. The van der Waals surface area contributed by atoms with Crippen molar-refractivity contribution in [3.8, 4) is 0 Å². The van der Waals surface area contributed by atoms with Crippen LogP contribution < -0.4 is 0 Å². The molecule has 0 saturated heterocycles. The van der Waals surface area contributed by atoms with E-state index in [0.717, 1.165) is 11.3 Å². The molecule has 0 spiro atoms. The van der Waals surface area contributed by atoms with Crippen molar-refractivity contribution in [3.05, 3.63) is 0 Å². The summed E-state index contributed by atoms with van der Waals surface area (Å²) in [6, 6.07) is 0. The first-order chi connectivity index (χ1) is 8.27. The number of hydrogen-bond acceptors (Lipinski definition) is 0. The van der Waals surface area contributed by atoms with Crippen molar-refractivity contribution in [1.82, 2.24) is 0 Å². The Kier molecular flexibility index (Phi) is 5.81. The Morgan fingerprint density at radius 3 is 1.59 bits per heavy atom. The second-order valence-electron chi connectivity index (χ2n) is 6.14. The molecule has 0 amide bonds. The Hall–Kier alpha value is 0.910. The largest absolute Gasteiger partial charge is 0.139 e.